The van der Waals surface area contributed by atoms with Crippen LogP contribution in [0.2, 0.25) is 0 Å². The van der Waals surface area contributed by atoms with Crippen molar-refractivity contribution in [3.8, 4) is 0 Å². The summed E-state index contributed by atoms with van der Waals surface area (Å²) in [6, 6.07) is 18.3. The van der Waals surface area contributed by atoms with Gasteiger partial charge in [-0.15, -0.1) is 0 Å². The summed E-state index contributed by atoms with van der Waals surface area (Å²) in [6.07, 6.45) is 9.41. The molecule has 0 unspecified atom stereocenters. The molecule has 0 amide bonds. The van der Waals surface area contributed by atoms with E-state index in [0.29, 0.717) is 18.4 Å². The maximum absolute atomic E-state index is 10.8. The number of hydrogen-bond donors (Lipinski definition) is 1. The Bertz CT molecular complexity index is 964. The van der Waals surface area contributed by atoms with Crippen molar-refractivity contribution in [2.75, 3.05) is 13.2 Å². The van der Waals surface area contributed by atoms with Gasteiger partial charge in [0.05, 0.1) is 23.4 Å². The molecule has 0 saturated heterocycles. The van der Waals surface area contributed by atoms with Crippen LogP contribution in [-0.2, 0) is 26.1 Å². The molecule has 43 heavy (non-hydrogen) atoms. The van der Waals surface area contributed by atoms with E-state index in [2.05, 4.69) is 125 Å². The van der Waals surface area contributed by atoms with Crippen molar-refractivity contribution in [2.45, 2.75) is 163 Å². The molecule has 2 aromatic rings. The van der Waals surface area contributed by atoms with Crippen LogP contribution in [-0.4, -0.2) is 23.9 Å². The normalized spacial score (nSPS) is 13.5. The van der Waals surface area contributed by atoms with Gasteiger partial charge in [-0.2, -0.15) is 0 Å². The van der Waals surface area contributed by atoms with Gasteiger partial charge in [0.15, 0.2) is 0 Å². The number of benzene rings is 2. The molecule has 1 N–H and O–H groups in total. The van der Waals surface area contributed by atoms with Crippen molar-refractivity contribution >= 4 is 0 Å². The minimum Gasteiger partial charge on any atom is -0.390 e. The Labute approximate surface area is 266 Å². The maximum atomic E-state index is 10.8. The Balaban J connectivity index is 2.25. The van der Waals surface area contributed by atoms with Crippen molar-refractivity contribution < 1.29 is 14.6 Å². The topological polar surface area (TPSA) is 38.7 Å². The lowest BCUT2D eigenvalue weighted by atomic mass is 9.76. The van der Waals surface area contributed by atoms with Crippen LogP contribution < -0.4 is 0 Å². The first-order valence-corrected chi connectivity index (χ1v) is 17.5. The molecule has 0 bridgehead atoms. The molecule has 0 fully saturated rings. The minimum atomic E-state index is -0.637. The van der Waals surface area contributed by atoms with Gasteiger partial charge in [-0.3, -0.25) is 0 Å². The van der Waals surface area contributed by atoms with Crippen LogP contribution >= 0.6 is 0 Å². The number of aliphatic hydroxyl groups is 1. The van der Waals surface area contributed by atoms with E-state index in [4.69, 9.17) is 9.47 Å². The van der Waals surface area contributed by atoms with Crippen LogP contribution in [0, 0.1) is 5.41 Å². The minimum absolute atomic E-state index is 0.135. The van der Waals surface area contributed by atoms with Crippen LogP contribution in [0.4, 0.5) is 0 Å². The molecule has 0 saturated carbocycles. The lowest BCUT2D eigenvalue weighted by Crippen LogP contribution is -2.33. The zero-order chi connectivity index (χ0) is 32.4. The quantitative estimate of drug-likeness (QED) is 0.166. The highest BCUT2D eigenvalue weighted by molar-refractivity contribution is 5.41. The van der Waals surface area contributed by atoms with Gasteiger partial charge in [0.25, 0.3) is 0 Å². The average molecular weight is 595 g/mol. The highest BCUT2D eigenvalue weighted by atomic mass is 16.5. The Morgan fingerprint density at radius 2 is 0.791 bits per heavy atom. The summed E-state index contributed by atoms with van der Waals surface area (Å²) < 4.78 is 13.3. The van der Waals surface area contributed by atoms with E-state index in [1.165, 1.54) is 35.1 Å². The Morgan fingerprint density at radius 1 is 0.465 bits per heavy atom. The second kappa shape index (κ2) is 16.1. The second-order valence-corrected chi connectivity index (χ2v) is 13.8. The molecule has 0 aliphatic heterocycles. The third-order valence-corrected chi connectivity index (χ3v) is 11.6. The Morgan fingerprint density at radius 3 is 1.09 bits per heavy atom. The van der Waals surface area contributed by atoms with Crippen LogP contribution in [0.1, 0.15) is 163 Å². The van der Waals surface area contributed by atoms with E-state index in [-0.39, 0.29) is 16.6 Å². The summed E-state index contributed by atoms with van der Waals surface area (Å²) in [6.45, 7) is 26.0. The number of rotatable bonds is 20. The molecule has 0 spiro atoms. The zero-order valence-corrected chi connectivity index (χ0v) is 29.9. The summed E-state index contributed by atoms with van der Waals surface area (Å²) in [4.78, 5) is 0. The van der Waals surface area contributed by atoms with Gasteiger partial charge in [0.2, 0.25) is 0 Å². The molecular weight excluding hydrogens is 528 g/mol. The van der Waals surface area contributed by atoms with E-state index in [0.717, 1.165) is 51.6 Å². The van der Waals surface area contributed by atoms with Gasteiger partial charge >= 0.3 is 0 Å². The van der Waals surface area contributed by atoms with Gasteiger partial charge in [0, 0.05) is 12.0 Å². The Hall–Kier alpha value is -1.68. The van der Waals surface area contributed by atoms with Gasteiger partial charge in [-0.05, 0) is 79.0 Å². The fourth-order valence-corrected chi connectivity index (χ4v) is 6.58. The molecule has 0 atom stereocenters. The molecule has 0 aliphatic carbocycles. The summed E-state index contributed by atoms with van der Waals surface area (Å²) in [5.41, 5.74) is 4.12. The molecule has 2 aromatic carbocycles. The SMILES string of the molecule is CCC(C)(CC)CCOC(CC)(CC)c1ccc(C(C)(C)c2ccc(C(CC)(CC)OCCC(O)(CC)CC)cc2)cc1. The highest BCUT2D eigenvalue weighted by Crippen LogP contribution is 2.40. The fourth-order valence-electron chi connectivity index (χ4n) is 6.58. The molecular formula is C40H66O3. The van der Waals surface area contributed by atoms with Crippen molar-refractivity contribution in [3.05, 3.63) is 70.8 Å². The monoisotopic (exact) mass is 595 g/mol. The predicted octanol–water partition coefficient (Wildman–Crippen LogP) is 11.2. The zero-order valence-electron chi connectivity index (χ0n) is 29.9. The van der Waals surface area contributed by atoms with Gasteiger partial charge < -0.3 is 14.6 Å². The molecule has 0 heterocycles. The molecule has 0 radical (unpaired) electrons. The molecule has 3 heteroatoms. The highest BCUT2D eigenvalue weighted by Gasteiger charge is 2.34. The first-order chi connectivity index (χ1) is 20.3. The van der Waals surface area contributed by atoms with Crippen molar-refractivity contribution in [1.29, 1.82) is 0 Å². The first-order valence-electron chi connectivity index (χ1n) is 17.5. The molecule has 0 aliphatic rings. The van der Waals surface area contributed by atoms with Gasteiger partial charge in [0.1, 0.15) is 0 Å². The molecule has 2 rings (SSSR count). The number of hydrogen-bond acceptors (Lipinski definition) is 3. The van der Waals surface area contributed by atoms with Crippen molar-refractivity contribution in [3.63, 3.8) is 0 Å². The standard InChI is InChI=1S/C40H66O3/c1-12-37(11,13-2)28-30-42-39(16-5,17-6)34-24-20-32(21-25-34)36(9,10)33-22-26-35(27-23-33)40(18-7,19-8)43-31-29-38(41,14-3)15-4/h20-27,41H,12-19,28-31H2,1-11H3. The summed E-state index contributed by atoms with van der Waals surface area (Å²) in [5.74, 6) is 0. The van der Waals surface area contributed by atoms with Crippen LogP contribution in [0.3, 0.4) is 0 Å². The van der Waals surface area contributed by atoms with E-state index >= 15 is 0 Å². The smallest absolute Gasteiger partial charge is 0.0926 e. The average Bonchev–Trinajstić information content (AvgIpc) is 3.05. The molecule has 244 valence electrons. The third kappa shape index (κ3) is 8.74. The maximum Gasteiger partial charge on any atom is 0.0926 e. The van der Waals surface area contributed by atoms with Crippen LogP contribution in [0.25, 0.3) is 0 Å². The van der Waals surface area contributed by atoms with Crippen molar-refractivity contribution in [1.82, 2.24) is 0 Å². The van der Waals surface area contributed by atoms with E-state index in [1.54, 1.807) is 0 Å². The Kier molecular flexibility index (Phi) is 14.0. The largest absolute Gasteiger partial charge is 0.390 e. The van der Waals surface area contributed by atoms with Gasteiger partial charge in [-0.1, -0.05) is 138 Å². The number of ether oxygens (including phenoxy) is 2. The lowest BCUT2D eigenvalue weighted by molar-refractivity contribution is -0.0845. The van der Waals surface area contributed by atoms with E-state index in [9.17, 15) is 5.11 Å². The van der Waals surface area contributed by atoms with Crippen LogP contribution in [0.5, 0.6) is 0 Å². The third-order valence-electron chi connectivity index (χ3n) is 11.6. The van der Waals surface area contributed by atoms with E-state index < -0.39 is 5.60 Å². The first kappa shape index (κ1) is 37.5. The fraction of sp³-hybridized carbons (Fsp3) is 0.700. The summed E-state index contributed by atoms with van der Waals surface area (Å²) >= 11 is 0. The molecule has 3 nitrogen and oxygen atoms in total. The summed E-state index contributed by atoms with van der Waals surface area (Å²) in [7, 11) is 0. The van der Waals surface area contributed by atoms with Crippen LogP contribution in [0.15, 0.2) is 48.5 Å². The van der Waals surface area contributed by atoms with Gasteiger partial charge in [-0.25, -0.2) is 0 Å². The predicted molar refractivity (Wildman–Crippen MR) is 185 cm³/mol. The molecule has 0 aromatic heterocycles. The lowest BCUT2D eigenvalue weighted by Gasteiger charge is -2.36. The second-order valence-electron chi connectivity index (χ2n) is 13.8. The van der Waals surface area contributed by atoms with Crippen molar-refractivity contribution in [2.24, 2.45) is 5.41 Å². The van der Waals surface area contributed by atoms with E-state index in [1.807, 2.05) is 0 Å². The summed E-state index contributed by atoms with van der Waals surface area (Å²) in [5, 5.41) is 10.8.